The molecule has 0 amide bonds. The first-order valence-corrected chi connectivity index (χ1v) is 6.44. The monoisotopic (exact) mass is 258 g/mol. The number of carbonyl (C=O) groups excluding carboxylic acids is 1. The topological polar surface area (TPSA) is 62.1 Å². The summed E-state index contributed by atoms with van der Waals surface area (Å²) < 4.78 is 4.85. The van der Waals surface area contributed by atoms with Crippen molar-refractivity contribution in [2.24, 2.45) is 5.41 Å². The number of nitrogens with one attached hydrogen (secondary N) is 1. The van der Waals surface area contributed by atoms with E-state index in [1.54, 1.807) is 0 Å². The van der Waals surface area contributed by atoms with Gasteiger partial charge in [0, 0.05) is 13.0 Å². The zero-order valence-corrected chi connectivity index (χ0v) is 11.1. The fourth-order valence-corrected chi connectivity index (χ4v) is 2.18. The number of rotatable bonds is 6. The first-order valence-electron chi connectivity index (χ1n) is 6.44. The molecule has 1 unspecified atom stereocenters. The van der Waals surface area contributed by atoms with Crippen LogP contribution in [0.1, 0.15) is 30.9 Å². The smallest absolute Gasteiger partial charge is 0.327 e. The van der Waals surface area contributed by atoms with E-state index < -0.39 is 6.04 Å². The summed E-state index contributed by atoms with van der Waals surface area (Å²) in [6, 6.07) is 11.3. The average molecular weight is 258 g/mol. The molecule has 1 fully saturated rings. The minimum Gasteiger partial charge on any atom is -0.468 e. The average Bonchev–Trinajstić information content (AvgIpc) is 3.20. The van der Waals surface area contributed by atoms with Gasteiger partial charge in [0.15, 0.2) is 0 Å². The molecule has 1 saturated carbocycles. The van der Waals surface area contributed by atoms with Crippen molar-refractivity contribution in [1.82, 2.24) is 5.32 Å². The maximum Gasteiger partial charge on any atom is 0.327 e. The molecule has 0 bridgehead atoms. The van der Waals surface area contributed by atoms with Crippen LogP contribution in [-0.4, -0.2) is 19.6 Å². The van der Waals surface area contributed by atoms with Crippen molar-refractivity contribution in [3.8, 4) is 6.07 Å². The predicted octanol–water partition coefficient (Wildman–Crippen LogP) is 2.18. The second-order valence-corrected chi connectivity index (χ2v) is 5.08. The van der Waals surface area contributed by atoms with E-state index in [1.807, 2.05) is 30.3 Å². The van der Waals surface area contributed by atoms with Crippen LogP contribution in [0, 0.1) is 16.7 Å². The van der Waals surface area contributed by atoms with Crippen LogP contribution in [0.2, 0.25) is 0 Å². The normalized spacial score (nSPS) is 17.3. The summed E-state index contributed by atoms with van der Waals surface area (Å²) in [5.74, 6) is -0.293. The Hall–Kier alpha value is -1.86. The molecule has 1 aromatic carbocycles. The minimum absolute atomic E-state index is 0.0653. The van der Waals surface area contributed by atoms with Crippen LogP contribution in [0.4, 0.5) is 0 Å². The Labute approximate surface area is 113 Å². The van der Waals surface area contributed by atoms with E-state index in [-0.39, 0.29) is 11.4 Å². The summed E-state index contributed by atoms with van der Waals surface area (Å²) in [7, 11) is 1.39. The predicted molar refractivity (Wildman–Crippen MR) is 71.1 cm³/mol. The highest BCUT2D eigenvalue weighted by atomic mass is 16.5. The third-order valence-corrected chi connectivity index (χ3v) is 3.66. The lowest BCUT2D eigenvalue weighted by Crippen LogP contribution is -2.34. The Morgan fingerprint density at radius 3 is 2.68 bits per heavy atom. The van der Waals surface area contributed by atoms with Crippen molar-refractivity contribution >= 4 is 5.97 Å². The molecule has 0 spiro atoms. The van der Waals surface area contributed by atoms with Crippen molar-refractivity contribution in [2.45, 2.75) is 25.3 Å². The molecule has 0 radical (unpaired) electrons. The first kappa shape index (κ1) is 13.6. The Bertz CT molecular complexity index is 475. The molecule has 1 N–H and O–H groups in total. The molecule has 2 rings (SSSR count). The number of hydrogen-bond acceptors (Lipinski definition) is 4. The Kier molecular flexibility index (Phi) is 4.18. The highest BCUT2D eigenvalue weighted by Gasteiger charge is 2.42. The van der Waals surface area contributed by atoms with Crippen LogP contribution in [0.25, 0.3) is 0 Å². The number of nitriles is 1. The summed E-state index contributed by atoms with van der Waals surface area (Å²) in [6.45, 7) is 0.676. The van der Waals surface area contributed by atoms with Crippen molar-refractivity contribution in [1.29, 1.82) is 5.26 Å². The summed E-state index contributed by atoms with van der Waals surface area (Å²) in [5, 5.41) is 12.1. The van der Waals surface area contributed by atoms with Crippen LogP contribution in [0.15, 0.2) is 30.3 Å². The molecule has 19 heavy (non-hydrogen) atoms. The van der Waals surface area contributed by atoms with Gasteiger partial charge in [-0.3, -0.25) is 0 Å². The Balaban J connectivity index is 2.04. The van der Waals surface area contributed by atoms with Crippen LogP contribution >= 0.6 is 0 Å². The third kappa shape index (κ3) is 3.33. The summed E-state index contributed by atoms with van der Waals surface area (Å²) in [5.41, 5.74) is 0.956. The first-order chi connectivity index (χ1) is 9.21. The quantitative estimate of drug-likeness (QED) is 0.794. The molecule has 0 aliphatic heterocycles. The molecule has 0 aromatic heterocycles. The largest absolute Gasteiger partial charge is 0.468 e. The number of benzene rings is 1. The number of nitrogens with zero attached hydrogens (tertiary/aromatic N) is 1. The van der Waals surface area contributed by atoms with Gasteiger partial charge in [-0.25, -0.2) is 4.79 Å². The summed E-state index contributed by atoms with van der Waals surface area (Å²) >= 11 is 0. The van der Waals surface area contributed by atoms with E-state index in [0.717, 1.165) is 18.4 Å². The van der Waals surface area contributed by atoms with E-state index in [0.29, 0.717) is 13.0 Å². The molecule has 0 heterocycles. The number of ether oxygens (including phenoxy) is 1. The molecule has 4 heteroatoms. The maximum atomic E-state index is 11.9. The van der Waals surface area contributed by atoms with Gasteiger partial charge in [-0.2, -0.15) is 5.26 Å². The second-order valence-electron chi connectivity index (χ2n) is 5.08. The van der Waals surface area contributed by atoms with Crippen molar-refractivity contribution in [3.63, 3.8) is 0 Å². The van der Waals surface area contributed by atoms with Crippen LogP contribution in [0.5, 0.6) is 0 Å². The Morgan fingerprint density at radius 2 is 2.16 bits per heavy atom. The van der Waals surface area contributed by atoms with E-state index in [9.17, 15) is 4.79 Å². The van der Waals surface area contributed by atoms with E-state index >= 15 is 0 Å². The molecule has 1 aliphatic rings. The lowest BCUT2D eigenvalue weighted by molar-refractivity contribution is -0.143. The molecule has 1 atom stereocenters. The number of carbonyl (C=O) groups is 1. The van der Waals surface area contributed by atoms with Gasteiger partial charge in [0.05, 0.1) is 13.2 Å². The van der Waals surface area contributed by atoms with E-state index in [2.05, 4.69) is 11.4 Å². The van der Waals surface area contributed by atoms with Crippen LogP contribution < -0.4 is 5.32 Å². The zero-order chi connectivity index (χ0) is 13.7. The van der Waals surface area contributed by atoms with Crippen LogP contribution in [0.3, 0.4) is 0 Å². The van der Waals surface area contributed by atoms with Crippen molar-refractivity contribution < 1.29 is 9.53 Å². The van der Waals surface area contributed by atoms with Crippen LogP contribution in [-0.2, 0) is 9.53 Å². The Morgan fingerprint density at radius 1 is 1.47 bits per heavy atom. The minimum atomic E-state index is -0.456. The van der Waals surface area contributed by atoms with Gasteiger partial charge < -0.3 is 10.1 Å². The molecule has 0 saturated heterocycles. The van der Waals surface area contributed by atoms with Gasteiger partial charge in [0.2, 0.25) is 0 Å². The fourth-order valence-electron chi connectivity index (χ4n) is 2.18. The SMILES string of the molecule is COC(=O)C(NCC1(CC#N)CC1)c1ccccc1. The van der Waals surface area contributed by atoms with Gasteiger partial charge in [-0.1, -0.05) is 30.3 Å². The maximum absolute atomic E-state index is 11.9. The van der Waals surface area contributed by atoms with Gasteiger partial charge in [-0.15, -0.1) is 0 Å². The van der Waals surface area contributed by atoms with E-state index in [1.165, 1.54) is 7.11 Å². The molecule has 100 valence electrons. The van der Waals surface area contributed by atoms with Gasteiger partial charge in [-0.05, 0) is 23.8 Å². The molecule has 1 aromatic rings. The fraction of sp³-hybridized carbons (Fsp3) is 0.467. The number of esters is 1. The highest BCUT2D eigenvalue weighted by molar-refractivity contribution is 5.77. The zero-order valence-electron chi connectivity index (χ0n) is 11.1. The van der Waals surface area contributed by atoms with Crippen molar-refractivity contribution in [2.75, 3.05) is 13.7 Å². The standard InChI is InChI=1S/C15H18N2O2/c1-19-14(18)13(12-5-3-2-4-6-12)17-11-15(7-8-15)9-10-16/h2-6,13,17H,7-9,11H2,1H3. The van der Waals surface area contributed by atoms with Gasteiger partial charge >= 0.3 is 5.97 Å². The molecular weight excluding hydrogens is 240 g/mol. The summed E-state index contributed by atoms with van der Waals surface area (Å²) in [6.07, 6.45) is 2.65. The van der Waals surface area contributed by atoms with Gasteiger partial charge in [0.25, 0.3) is 0 Å². The molecular formula is C15H18N2O2. The highest BCUT2D eigenvalue weighted by Crippen LogP contribution is 2.48. The van der Waals surface area contributed by atoms with E-state index in [4.69, 9.17) is 10.00 Å². The lowest BCUT2D eigenvalue weighted by Gasteiger charge is -2.20. The van der Waals surface area contributed by atoms with Gasteiger partial charge in [0.1, 0.15) is 6.04 Å². The second kappa shape index (κ2) is 5.85. The number of hydrogen-bond donors (Lipinski definition) is 1. The third-order valence-electron chi connectivity index (χ3n) is 3.66. The molecule has 4 nitrogen and oxygen atoms in total. The van der Waals surface area contributed by atoms with Crippen molar-refractivity contribution in [3.05, 3.63) is 35.9 Å². The molecule has 1 aliphatic carbocycles. The summed E-state index contributed by atoms with van der Waals surface area (Å²) in [4.78, 5) is 11.9. The number of methoxy groups -OCH3 is 1. The lowest BCUT2D eigenvalue weighted by atomic mass is 10.0.